The molecule has 0 saturated carbocycles. The fraction of sp³-hybridized carbons (Fsp3) is 0.923. The van der Waals surface area contributed by atoms with Crippen molar-refractivity contribution in [1.82, 2.24) is 5.32 Å². The average molecular weight is 293 g/mol. The van der Waals surface area contributed by atoms with E-state index in [0.717, 1.165) is 0 Å². The number of likely N-dealkylation sites (N-methyl/N-ethyl adjacent to an activating group) is 1. The smallest absolute Gasteiger partial charge is 0.325 e. The molecular weight excluding hydrogens is 266 g/mol. The molecule has 0 spiro atoms. The summed E-state index contributed by atoms with van der Waals surface area (Å²) in [5.74, 6) is -0.320. The van der Waals surface area contributed by atoms with Crippen molar-refractivity contribution in [2.24, 2.45) is 0 Å². The number of carbonyl (C=O) groups excluding carboxylic acids is 1. The van der Waals surface area contributed by atoms with Gasteiger partial charge in [-0.05, 0) is 6.54 Å². The first kappa shape index (κ1) is 19.3. The van der Waals surface area contributed by atoms with Gasteiger partial charge in [0.1, 0.15) is 6.04 Å². The van der Waals surface area contributed by atoms with E-state index in [2.05, 4.69) is 10.1 Å². The fourth-order valence-electron chi connectivity index (χ4n) is 1.38. The molecule has 0 aliphatic carbocycles. The van der Waals surface area contributed by atoms with E-state index < -0.39 is 6.04 Å². The van der Waals surface area contributed by atoms with Crippen LogP contribution in [-0.4, -0.2) is 79.0 Å². The van der Waals surface area contributed by atoms with Gasteiger partial charge in [-0.1, -0.05) is 6.92 Å². The monoisotopic (exact) mass is 293 g/mol. The average Bonchev–Trinajstić information content (AvgIpc) is 2.47. The lowest BCUT2D eigenvalue weighted by Crippen LogP contribution is -2.41. The number of carbonyl (C=O) groups is 1. The van der Waals surface area contributed by atoms with Gasteiger partial charge in [0.15, 0.2) is 0 Å². The second kappa shape index (κ2) is 14.7. The first-order chi connectivity index (χ1) is 9.76. The van der Waals surface area contributed by atoms with Gasteiger partial charge in [0.25, 0.3) is 0 Å². The van der Waals surface area contributed by atoms with Gasteiger partial charge in [-0.15, -0.1) is 0 Å². The number of hydrogen-bond acceptors (Lipinski definition) is 7. The van der Waals surface area contributed by atoms with Gasteiger partial charge in [0, 0.05) is 7.11 Å². The van der Waals surface area contributed by atoms with E-state index in [1.165, 1.54) is 7.11 Å². The van der Waals surface area contributed by atoms with Crippen molar-refractivity contribution in [2.75, 3.05) is 67.0 Å². The standard InChI is InChI=1S/C13H27NO6/c1-4-14-12(13(15)17-3)11-20-10-9-19-8-7-18-6-5-16-2/h12,14H,4-11H2,1-3H3. The van der Waals surface area contributed by atoms with E-state index in [0.29, 0.717) is 46.2 Å². The molecule has 20 heavy (non-hydrogen) atoms. The third kappa shape index (κ3) is 11.1. The summed E-state index contributed by atoms with van der Waals surface area (Å²) in [6, 6.07) is -0.428. The van der Waals surface area contributed by atoms with E-state index in [4.69, 9.17) is 18.9 Å². The Hall–Kier alpha value is -0.730. The molecule has 1 atom stereocenters. The third-order valence-corrected chi connectivity index (χ3v) is 2.40. The second-order valence-electron chi connectivity index (χ2n) is 3.93. The zero-order valence-electron chi connectivity index (χ0n) is 12.7. The molecule has 0 amide bonds. The summed E-state index contributed by atoms with van der Waals surface area (Å²) in [7, 11) is 2.99. The van der Waals surface area contributed by atoms with Crippen LogP contribution in [0.2, 0.25) is 0 Å². The largest absolute Gasteiger partial charge is 0.468 e. The number of ether oxygens (including phenoxy) is 5. The molecule has 1 unspecified atom stereocenters. The zero-order valence-corrected chi connectivity index (χ0v) is 12.7. The van der Waals surface area contributed by atoms with Gasteiger partial charge < -0.3 is 29.0 Å². The molecule has 0 aliphatic heterocycles. The Morgan fingerprint density at radius 2 is 1.50 bits per heavy atom. The van der Waals surface area contributed by atoms with Gasteiger partial charge >= 0.3 is 5.97 Å². The van der Waals surface area contributed by atoms with Crippen LogP contribution in [-0.2, 0) is 28.5 Å². The molecule has 7 nitrogen and oxygen atoms in total. The summed E-state index contributed by atoms with van der Waals surface area (Å²) in [6.45, 7) is 5.97. The lowest BCUT2D eigenvalue weighted by molar-refractivity contribution is -0.145. The van der Waals surface area contributed by atoms with Crippen LogP contribution in [0.4, 0.5) is 0 Å². The minimum absolute atomic E-state index is 0.272. The number of hydrogen-bond donors (Lipinski definition) is 1. The molecule has 1 N–H and O–H groups in total. The first-order valence-corrected chi connectivity index (χ1v) is 6.79. The first-order valence-electron chi connectivity index (χ1n) is 6.79. The van der Waals surface area contributed by atoms with Gasteiger partial charge in [-0.25, -0.2) is 0 Å². The van der Waals surface area contributed by atoms with Crippen LogP contribution in [0.3, 0.4) is 0 Å². The van der Waals surface area contributed by atoms with Crippen LogP contribution in [0.1, 0.15) is 6.92 Å². The molecule has 0 rings (SSSR count). The van der Waals surface area contributed by atoms with Crippen molar-refractivity contribution in [3.63, 3.8) is 0 Å². The predicted octanol–water partition coefficient (Wildman–Crippen LogP) is -0.166. The lowest BCUT2D eigenvalue weighted by atomic mass is 10.3. The van der Waals surface area contributed by atoms with Gasteiger partial charge in [0.05, 0.1) is 53.4 Å². The van der Waals surface area contributed by atoms with E-state index in [1.807, 2.05) is 6.92 Å². The highest BCUT2D eigenvalue weighted by Gasteiger charge is 2.17. The van der Waals surface area contributed by atoms with Crippen molar-refractivity contribution < 1.29 is 28.5 Å². The summed E-state index contributed by atoms with van der Waals surface area (Å²) in [6.07, 6.45) is 0. The van der Waals surface area contributed by atoms with Gasteiger partial charge in [0.2, 0.25) is 0 Å². The van der Waals surface area contributed by atoms with E-state index in [-0.39, 0.29) is 12.6 Å². The molecule has 0 aromatic carbocycles. The minimum Gasteiger partial charge on any atom is -0.468 e. The highest BCUT2D eigenvalue weighted by Crippen LogP contribution is 1.91. The van der Waals surface area contributed by atoms with Crippen molar-refractivity contribution in [2.45, 2.75) is 13.0 Å². The maximum absolute atomic E-state index is 11.4. The van der Waals surface area contributed by atoms with Crippen LogP contribution in [0.25, 0.3) is 0 Å². The van der Waals surface area contributed by atoms with Gasteiger partial charge in [-0.3, -0.25) is 4.79 Å². The molecule has 0 aliphatic rings. The molecule has 0 fully saturated rings. The maximum Gasteiger partial charge on any atom is 0.325 e. The van der Waals surface area contributed by atoms with E-state index in [1.54, 1.807) is 7.11 Å². The summed E-state index contributed by atoms with van der Waals surface area (Å²) < 4.78 is 25.4. The Balaban J connectivity index is 3.38. The van der Waals surface area contributed by atoms with Crippen LogP contribution in [0, 0.1) is 0 Å². The summed E-state index contributed by atoms with van der Waals surface area (Å²) in [5.41, 5.74) is 0. The second-order valence-corrected chi connectivity index (χ2v) is 3.93. The van der Waals surface area contributed by atoms with Gasteiger partial charge in [-0.2, -0.15) is 0 Å². The Bertz CT molecular complexity index is 227. The molecule has 0 bridgehead atoms. The van der Waals surface area contributed by atoms with Crippen LogP contribution in [0.5, 0.6) is 0 Å². The van der Waals surface area contributed by atoms with Crippen molar-refractivity contribution in [3.8, 4) is 0 Å². The third-order valence-electron chi connectivity index (χ3n) is 2.40. The molecule has 0 radical (unpaired) electrons. The topological polar surface area (TPSA) is 75.3 Å². The van der Waals surface area contributed by atoms with Crippen LogP contribution >= 0.6 is 0 Å². The Morgan fingerprint density at radius 3 is 2.00 bits per heavy atom. The quantitative estimate of drug-likeness (QED) is 0.352. The Morgan fingerprint density at radius 1 is 0.950 bits per heavy atom. The van der Waals surface area contributed by atoms with Crippen molar-refractivity contribution >= 4 is 5.97 Å². The number of nitrogens with one attached hydrogen (secondary N) is 1. The molecule has 7 heteroatoms. The fourth-order valence-corrected chi connectivity index (χ4v) is 1.38. The summed E-state index contributed by atoms with van der Waals surface area (Å²) in [4.78, 5) is 11.4. The normalized spacial score (nSPS) is 12.3. The minimum atomic E-state index is -0.428. The molecule has 120 valence electrons. The van der Waals surface area contributed by atoms with Crippen molar-refractivity contribution in [3.05, 3.63) is 0 Å². The molecule has 0 heterocycles. The van der Waals surface area contributed by atoms with E-state index >= 15 is 0 Å². The highest BCUT2D eigenvalue weighted by atomic mass is 16.6. The number of rotatable bonds is 14. The molecule has 0 aromatic rings. The maximum atomic E-state index is 11.4. The van der Waals surface area contributed by atoms with Crippen LogP contribution < -0.4 is 5.32 Å². The summed E-state index contributed by atoms with van der Waals surface area (Å²) >= 11 is 0. The molecule has 0 aromatic heterocycles. The predicted molar refractivity (Wildman–Crippen MR) is 73.8 cm³/mol. The number of esters is 1. The Labute approximate surface area is 120 Å². The number of methoxy groups -OCH3 is 2. The molecular formula is C13H27NO6. The summed E-state index contributed by atoms with van der Waals surface area (Å²) in [5, 5.41) is 2.99. The lowest BCUT2D eigenvalue weighted by Gasteiger charge is -2.15. The van der Waals surface area contributed by atoms with Crippen LogP contribution in [0.15, 0.2) is 0 Å². The van der Waals surface area contributed by atoms with E-state index in [9.17, 15) is 4.79 Å². The molecule has 0 saturated heterocycles. The Kier molecular flexibility index (Phi) is 14.1. The SMILES string of the molecule is CCNC(COCCOCCOCCOC)C(=O)OC. The zero-order chi connectivity index (χ0) is 15.1. The highest BCUT2D eigenvalue weighted by molar-refractivity contribution is 5.75. The van der Waals surface area contributed by atoms with Crippen molar-refractivity contribution in [1.29, 1.82) is 0 Å².